The molecular formula is C16H30O2. The highest BCUT2D eigenvalue weighted by Crippen LogP contribution is 2.17. The van der Waals surface area contributed by atoms with Crippen molar-refractivity contribution in [2.75, 3.05) is 0 Å². The van der Waals surface area contributed by atoms with Gasteiger partial charge in [-0.1, -0.05) is 64.4 Å². The maximum absolute atomic E-state index is 10.8. The van der Waals surface area contributed by atoms with Crippen LogP contribution in [-0.4, -0.2) is 11.1 Å². The maximum Gasteiger partial charge on any atom is 0.328 e. The zero-order valence-corrected chi connectivity index (χ0v) is 12.2. The number of hydrogen-bond acceptors (Lipinski definition) is 1. The third-order valence-corrected chi connectivity index (χ3v) is 3.28. The first kappa shape index (κ1) is 17.2. The van der Waals surface area contributed by atoms with Crippen molar-refractivity contribution in [1.29, 1.82) is 0 Å². The summed E-state index contributed by atoms with van der Waals surface area (Å²) in [6, 6.07) is 0. The molecule has 0 fully saturated rings. The molecule has 0 saturated carbocycles. The Hall–Kier alpha value is -0.790. The molecule has 0 aromatic heterocycles. The second-order valence-corrected chi connectivity index (χ2v) is 5.12. The second kappa shape index (κ2) is 12.7. The summed E-state index contributed by atoms with van der Waals surface area (Å²) in [5.41, 5.74) is 1.13. The fourth-order valence-corrected chi connectivity index (χ4v) is 2.18. The number of aliphatic carboxylic acids is 1. The Labute approximate surface area is 112 Å². The van der Waals surface area contributed by atoms with Gasteiger partial charge in [0.2, 0.25) is 0 Å². The van der Waals surface area contributed by atoms with Crippen molar-refractivity contribution in [3.8, 4) is 0 Å². The van der Waals surface area contributed by atoms with Gasteiger partial charge in [0.1, 0.15) is 0 Å². The van der Waals surface area contributed by atoms with Gasteiger partial charge in [0.25, 0.3) is 0 Å². The predicted octanol–water partition coefficient (Wildman–Crippen LogP) is 5.33. The van der Waals surface area contributed by atoms with Gasteiger partial charge in [-0.2, -0.15) is 0 Å². The summed E-state index contributed by atoms with van der Waals surface area (Å²) in [6.45, 7) is 4.41. The number of carboxylic acids is 1. The summed E-state index contributed by atoms with van der Waals surface area (Å²) in [7, 11) is 0. The highest BCUT2D eigenvalue weighted by atomic mass is 16.4. The van der Waals surface area contributed by atoms with E-state index in [0.717, 1.165) is 31.3 Å². The van der Waals surface area contributed by atoms with Crippen LogP contribution in [0.5, 0.6) is 0 Å². The molecule has 0 saturated heterocycles. The molecule has 2 nitrogen and oxygen atoms in total. The SMILES string of the molecule is CCCCCCCC(=CC(=O)O)CCCCCC. The lowest BCUT2D eigenvalue weighted by atomic mass is 10.00. The van der Waals surface area contributed by atoms with E-state index in [1.165, 1.54) is 51.0 Å². The summed E-state index contributed by atoms with van der Waals surface area (Å²) in [5, 5.41) is 8.85. The van der Waals surface area contributed by atoms with Crippen LogP contribution < -0.4 is 0 Å². The molecule has 0 aromatic rings. The number of carboxylic acid groups (broad SMARTS) is 1. The van der Waals surface area contributed by atoms with Gasteiger partial charge in [-0.25, -0.2) is 4.79 Å². The fraction of sp³-hybridized carbons (Fsp3) is 0.812. The van der Waals surface area contributed by atoms with Gasteiger partial charge >= 0.3 is 5.97 Å². The van der Waals surface area contributed by atoms with Crippen molar-refractivity contribution in [3.63, 3.8) is 0 Å². The van der Waals surface area contributed by atoms with Crippen LogP contribution in [0, 0.1) is 0 Å². The van der Waals surface area contributed by atoms with Crippen LogP contribution >= 0.6 is 0 Å². The van der Waals surface area contributed by atoms with E-state index in [1.54, 1.807) is 0 Å². The molecule has 0 atom stereocenters. The Kier molecular flexibility index (Phi) is 12.1. The third-order valence-electron chi connectivity index (χ3n) is 3.28. The smallest absolute Gasteiger partial charge is 0.328 e. The topological polar surface area (TPSA) is 37.3 Å². The molecule has 0 aliphatic heterocycles. The maximum atomic E-state index is 10.8. The lowest BCUT2D eigenvalue weighted by molar-refractivity contribution is -0.131. The molecule has 0 rings (SSSR count). The van der Waals surface area contributed by atoms with Gasteiger partial charge < -0.3 is 5.11 Å². The molecule has 18 heavy (non-hydrogen) atoms. The first-order valence-electron chi connectivity index (χ1n) is 7.63. The molecule has 0 heterocycles. The standard InChI is InChI=1S/C16H30O2/c1-3-5-7-9-11-13-15(14-16(17)18)12-10-8-6-4-2/h14H,3-13H2,1-2H3,(H,17,18). The Morgan fingerprint density at radius 1 is 0.833 bits per heavy atom. The first-order chi connectivity index (χ1) is 8.70. The van der Waals surface area contributed by atoms with Crippen LogP contribution in [-0.2, 0) is 4.79 Å². The van der Waals surface area contributed by atoms with E-state index in [-0.39, 0.29) is 0 Å². The molecule has 106 valence electrons. The summed E-state index contributed by atoms with van der Waals surface area (Å²) >= 11 is 0. The molecule has 0 aromatic carbocycles. The molecular weight excluding hydrogens is 224 g/mol. The van der Waals surface area contributed by atoms with Gasteiger partial charge in [-0.3, -0.25) is 0 Å². The molecule has 1 N–H and O–H groups in total. The number of unbranched alkanes of at least 4 members (excludes halogenated alkanes) is 7. The van der Waals surface area contributed by atoms with E-state index in [1.807, 2.05) is 0 Å². The lowest BCUT2D eigenvalue weighted by Gasteiger charge is -2.06. The molecule has 0 unspecified atom stereocenters. The fourth-order valence-electron chi connectivity index (χ4n) is 2.18. The van der Waals surface area contributed by atoms with Crippen LogP contribution in [0.2, 0.25) is 0 Å². The van der Waals surface area contributed by atoms with Crippen molar-refractivity contribution < 1.29 is 9.90 Å². The van der Waals surface area contributed by atoms with Gasteiger partial charge in [0.15, 0.2) is 0 Å². The molecule has 0 aliphatic carbocycles. The molecule has 0 radical (unpaired) electrons. The Morgan fingerprint density at radius 2 is 1.28 bits per heavy atom. The van der Waals surface area contributed by atoms with Crippen LogP contribution in [0.1, 0.15) is 84.5 Å². The van der Waals surface area contributed by atoms with Crippen molar-refractivity contribution in [1.82, 2.24) is 0 Å². The highest BCUT2D eigenvalue weighted by Gasteiger charge is 2.01. The predicted molar refractivity (Wildman–Crippen MR) is 77.9 cm³/mol. The summed E-state index contributed by atoms with van der Waals surface area (Å²) in [5.74, 6) is -0.783. The zero-order valence-electron chi connectivity index (χ0n) is 12.2. The average Bonchev–Trinajstić information content (AvgIpc) is 2.33. The van der Waals surface area contributed by atoms with Gasteiger partial charge in [0, 0.05) is 6.08 Å². The minimum absolute atomic E-state index is 0.783. The number of carbonyl (C=O) groups is 1. The van der Waals surface area contributed by atoms with Crippen LogP contribution in [0.4, 0.5) is 0 Å². The van der Waals surface area contributed by atoms with E-state index < -0.39 is 5.97 Å². The second-order valence-electron chi connectivity index (χ2n) is 5.12. The largest absolute Gasteiger partial charge is 0.478 e. The van der Waals surface area contributed by atoms with Gasteiger partial charge in [0.05, 0.1) is 0 Å². The van der Waals surface area contributed by atoms with Crippen molar-refractivity contribution >= 4 is 5.97 Å². The first-order valence-corrected chi connectivity index (χ1v) is 7.63. The van der Waals surface area contributed by atoms with Gasteiger partial charge in [-0.15, -0.1) is 0 Å². The van der Waals surface area contributed by atoms with Crippen molar-refractivity contribution in [2.45, 2.75) is 84.5 Å². The Bertz CT molecular complexity index is 231. The minimum Gasteiger partial charge on any atom is -0.478 e. The van der Waals surface area contributed by atoms with Crippen molar-refractivity contribution in [2.24, 2.45) is 0 Å². The van der Waals surface area contributed by atoms with Crippen molar-refractivity contribution in [3.05, 3.63) is 11.6 Å². The van der Waals surface area contributed by atoms with E-state index in [9.17, 15) is 4.79 Å². The molecule has 0 amide bonds. The van der Waals surface area contributed by atoms with E-state index in [0.29, 0.717) is 0 Å². The summed E-state index contributed by atoms with van der Waals surface area (Å²) in [6.07, 6.45) is 14.5. The van der Waals surface area contributed by atoms with Gasteiger partial charge in [-0.05, 0) is 25.7 Å². The van der Waals surface area contributed by atoms with E-state index in [2.05, 4.69) is 13.8 Å². The summed E-state index contributed by atoms with van der Waals surface area (Å²) < 4.78 is 0. The summed E-state index contributed by atoms with van der Waals surface area (Å²) in [4.78, 5) is 10.8. The van der Waals surface area contributed by atoms with Crippen LogP contribution in [0.15, 0.2) is 11.6 Å². The minimum atomic E-state index is -0.783. The number of hydrogen-bond donors (Lipinski definition) is 1. The lowest BCUT2D eigenvalue weighted by Crippen LogP contribution is -1.94. The molecule has 0 aliphatic rings. The van der Waals surface area contributed by atoms with Crippen LogP contribution in [0.25, 0.3) is 0 Å². The number of rotatable bonds is 12. The number of allylic oxidation sites excluding steroid dienone is 1. The average molecular weight is 254 g/mol. The quantitative estimate of drug-likeness (QED) is 0.377. The molecule has 0 bridgehead atoms. The van der Waals surface area contributed by atoms with E-state index >= 15 is 0 Å². The van der Waals surface area contributed by atoms with E-state index in [4.69, 9.17) is 5.11 Å². The van der Waals surface area contributed by atoms with Crippen LogP contribution in [0.3, 0.4) is 0 Å². The zero-order chi connectivity index (χ0) is 13.6. The Morgan fingerprint density at radius 3 is 1.72 bits per heavy atom. The highest BCUT2D eigenvalue weighted by molar-refractivity contribution is 5.80. The monoisotopic (exact) mass is 254 g/mol. The molecule has 0 spiro atoms. The third kappa shape index (κ3) is 11.7. The Balaban J connectivity index is 3.82. The molecule has 2 heteroatoms. The normalized spacial score (nSPS) is 11.8.